The van der Waals surface area contributed by atoms with Crippen LogP contribution in [0.2, 0.25) is 0 Å². The van der Waals surface area contributed by atoms with Crippen LogP contribution in [0.15, 0.2) is 24.4 Å². The van der Waals surface area contributed by atoms with Crippen LogP contribution in [-0.4, -0.2) is 13.9 Å². The zero-order valence-corrected chi connectivity index (χ0v) is 9.54. The zero-order valence-electron chi connectivity index (χ0n) is 8.72. The lowest BCUT2D eigenvalue weighted by Gasteiger charge is -2.09. The van der Waals surface area contributed by atoms with Crippen LogP contribution in [-0.2, 0) is 6.42 Å². The Bertz CT molecular complexity index is 473. The molecule has 16 heavy (non-hydrogen) atoms. The predicted molar refractivity (Wildman–Crippen MR) is 59.7 cm³/mol. The van der Waals surface area contributed by atoms with Gasteiger partial charge in [0, 0.05) is 6.42 Å². The molecular formula is C11H11FN2OS. The lowest BCUT2D eigenvalue weighted by molar-refractivity contribution is 0.174. The molecule has 0 saturated heterocycles. The Morgan fingerprint density at radius 3 is 2.94 bits per heavy atom. The average Bonchev–Trinajstić information content (AvgIpc) is 2.75. The summed E-state index contributed by atoms with van der Waals surface area (Å²) in [6, 6.07) is 4.55. The lowest BCUT2D eigenvalue weighted by atomic mass is 10.0. The van der Waals surface area contributed by atoms with Gasteiger partial charge >= 0.3 is 0 Å². The molecule has 1 N–H and O–H groups in total. The molecule has 0 fully saturated rings. The molecule has 0 saturated carbocycles. The van der Waals surface area contributed by atoms with Gasteiger partial charge in [0.2, 0.25) is 0 Å². The highest BCUT2D eigenvalue weighted by Gasteiger charge is 2.12. The first-order valence-corrected chi connectivity index (χ1v) is 5.60. The van der Waals surface area contributed by atoms with Crippen molar-refractivity contribution in [3.8, 4) is 0 Å². The van der Waals surface area contributed by atoms with E-state index in [0.717, 1.165) is 22.9 Å². The normalized spacial score (nSPS) is 12.7. The van der Waals surface area contributed by atoms with E-state index in [1.54, 1.807) is 12.3 Å². The third-order valence-corrected chi connectivity index (χ3v) is 2.93. The quantitative estimate of drug-likeness (QED) is 0.892. The summed E-state index contributed by atoms with van der Waals surface area (Å²) in [7, 11) is 0. The second-order valence-electron chi connectivity index (χ2n) is 3.62. The minimum absolute atomic E-state index is 0.258. The van der Waals surface area contributed by atoms with E-state index >= 15 is 0 Å². The van der Waals surface area contributed by atoms with Crippen molar-refractivity contribution in [1.82, 2.24) is 8.75 Å². The molecule has 3 nitrogen and oxygen atoms in total. The van der Waals surface area contributed by atoms with Crippen molar-refractivity contribution < 1.29 is 9.50 Å². The van der Waals surface area contributed by atoms with E-state index in [2.05, 4.69) is 8.75 Å². The van der Waals surface area contributed by atoms with Crippen LogP contribution < -0.4 is 0 Å². The summed E-state index contributed by atoms with van der Waals surface area (Å²) in [6.45, 7) is 1.82. The van der Waals surface area contributed by atoms with Gasteiger partial charge in [0.05, 0.1) is 17.9 Å². The first-order chi connectivity index (χ1) is 7.66. The summed E-state index contributed by atoms with van der Waals surface area (Å²) in [5, 5.41) is 9.87. The molecule has 0 amide bonds. The number of aliphatic hydroxyl groups excluding tert-OH is 1. The molecule has 1 aromatic heterocycles. The number of rotatable bonds is 3. The minimum Gasteiger partial charge on any atom is -0.386 e. The van der Waals surface area contributed by atoms with Gasteiger partial charge in [0.25, 0.3) is 0 Å². The standard InChI is InChI=1S/C11H11FN2OS/c1-7-4-9(12)3-2-8(7)5-11(15)10-6-13-16-14-10/h2-4,6,11,15H,5H2,1H3. The topological polar surface area (TPSA) is 46.0 Å². The maximum atomic E-state index is 12.9. The summed E-state index contributed by atoms with van der Waals surface area (Å²) < 4.78 is 20.7. The SMILES string of the molecule is Cc1cc(F)ccc1CC(O)c1cnsn1. The summed E-state index contributed by atoms with van der Waals surface area (Å²) >= 11 is 1.07. The van der Waals surface area contributed by atoms with Crippen molar-refractivity contribution in [3.05, 3.63) is 47.0 Å². The number of halogens is 1. The Balaban J connectivity index is 2.15. The van der Waals surface area contributed by atoms with E-state index in [9.17, 15) is 9.50 Å². The molecule has 2 rings (SSSR count). The van der Waals surface area contributed by atoms with Crippen molar-refractivity contribution in [2.24, 2.45) is 0 Å². The van der Waals surface area contributed by atoms with Gasteiger partial charge in [-0.1, -0.05) is 6.07 Å². The van der Waals surface area contributed by atoms with Gasteiger partial charge in [-0.25, -0.2) is 4.39 Å². The molecule has 1 aromatic carbocycles. The molecule has 0 radical (unpaired) electrons. The van der Waals surface area contributed by atoms with Crippen LogP contribution in [0, 0.1) is 12.7 Å². The van der Waals surface area contributed by atoms with Crippen molar-refractivity contribution in [2.45, 2.75) is 19.4 Å². The number of aryl methyl sites for hydroxylation is 1. The van der Waals surface area contributed by atoms with Gasteiger partial charge in [-0.05, 0) is 30.2 Å². The molecule has 1 heterocycles. The maximum Gasteiger partial charge on any atom is 0.123 e. The van der Waals surface area contributed by atoms with Crippen LogP contribution in [0.3, 0.4) is 0 Å². The first-order valence-electron chi connectivity index (χ1n) is 4.87. The fraction of sp³-hybridized carbons (Fsp3) is 0.273. The second-order valence-corrected chi connectivity index (χ2v) is 4.18. The molecule has 5 heteroatoms. The highest BCUT2D eigenvalue weighted by molar-refractivity contribution is 6.99. The Hall–Kier alpha value is -1.33. The summed E-state index contributed by atoms with van der Waals surface area (Å²) in [5.74, 6) is -0.258. The predicted octanol–water partition coefficient (Wildman–Crippen LogP) is 2.26. The van der Waals surface area contributed by atoms with Crippen LogP contribution in [0.5, 0.6) is 0 Å². The highest BCUT2D eigenvalue weighted by atomic mass is 32.1. The van der Waals surface area contributed by atoms with Crippen molar-refractivity contribution in [3.63, 3.8) is 0 Å². The van der Waals surface area contributed by atoms with Crippen molar-refractivity contribution in [1.29, 1.82) is 0 Å². The molecule has 0 aliphatic heterocycles. The zero-order chi connectivity index (χ0) is 11.5. The van der Waals surface area contributed by atoms with Crippen LogP contribution in [0.25, 0.3) is 0 Å². The van der Waals surface area contributed by atoms with Crippen LogP contribution in [0.4, 0.5) is 4.39 Å². The first kappa shape index (κ1) is 11.2. The lowest BCUT2D eigenvalue weighted by Crippen LogP contribution is -2.03. The third-order valence-electron chi connectivity index (χ3n) is 2.44. The number of benzene rings is 1. The maximum absolute atomic E-state index is 12.9. The molecule has 1 atom stereocenters. The van der Waals surface area contributed by atoms with E-state index in [-0.39, 0.29) is 5.82 Å². The number of hydrogen-bond acceptors (Lipinski definition) is 4. The van der Waals surface area contributed by atoms with E-state index in [1.165, 1.54) is 12.1 Å². The van der Waals surface area contributed by atoms with Crippen molar-refractivity contribution >= 4 is 11.7 Å². The molecule has 0 aliphatic rings. The fourth-order valence-electron chi connectivity index (χ4n) is 1.52. The average molecular weight is 238 g/mol. The molecular weight excluding hydrogens is 227 g/mol. The van der Waals surface area contributed by atoms with Gasteiger partial charge in [-0.3, -0.25) is 0 Å². The number of aliphatic hydroxyl groups is 1. The minimum atomic E-state index is -0.678. The van der Waals surface area contributed by atoms with Gasteiger partial charge in [-0.15, -0.1) is 0 Å². The Labute approximate surface area is 96.9 Å². The number of nitrogens with zero attached hydrogens (tertiary/aromatic N) is 2. The van der Waals surface area contributed by atoms with Gasteiger partial charge in [0.15, 0.2) is 0 Å². The molecule has 0 bridgehead atoms. The molecule has 0 spiro atoms. The summed E-state index contributed by atoms with van der Waals surface area (Å²) in [5.41, 5.74) is 2.32. The third kappa shape index (κ3) is 2.43. The van der Waals surface area contributed by atoms with Gasteiger partial charge < -0.3 is 5.11 Å². The number of aromatic nitrogens is 2. The van der Waals surface area contributed by atoms with E-state index in [0.29, 0.717) is 12.1 Å². The Kier molecular flexibility index (Phi) is 3.26. The Morgan fingerprint density at radius 1 is 1.50 bits per heavy atom. The van der Waals surface area contributed by atoms with Gasteiger partial charge in [0.1, 0.15) is 17.6 Å². The van der Waals surface area contributed by atoms with E-state index in [1.807, 2.05) is 6.92 Å². The van der Waals surface area contributed by atoms with E-state index in [4.69, 9.17) is 0 Å². The largest absolute Gasteiger partial charge is 0.386 e. The highest BCUT2D eigenvalue weighted by Crippen LogP contribution is 2.19. The molecule has 1 unspecified atom stereocenters. The number of hydrogen-bond donors (Lipinski definition) is 1. The monoisotopic (exact) mass is 238 g/mol. The molecule has 84 valence electrons. The van der Waals surface area contributed by atoms with E-state index < -0.39 is 6.10 Å². The Morgan fingerprint density at radius 2 is 2.31 bits per heavy atom. The summed E-state index contributed by atoms with van der Waals surface area (Å²) in [6.07, 6.45) is 1.30. The summed E-state index contributed by atoms with van der Waals surface area (Å²) in [4.78, 5) is 0. The van der Waals surface area contributed by atoms with Crippen molar-refractivity contribution in [2.75, 3.05) is 0 Å². The molecule has 2 aromatic rings. The van der Waals surface area contributed by atoms with Gasteiger partial charge in [-0.2, -0.15) is 8.75 Å². The van der Waals surface area contributed by atoms with Crippen LogP contribution >= 0.6 is 11.7 Å². The van der Waals surface area contributed by atoms with Crippen LogP contribution in [0.1, 0.15) is 22.9 Å². The molecule has 0 aliphatic carbocycles. The smallest absolute Gasteiger partial charge is 0.123 e. The second kappa shape index (κ2) is 4.67. The fourth-order valence-corrected chi connectivity index (χ4v) is 1.99.